The molecule has 0 heterocycles. The molecule has 0 aliphatic heterocycles. The number of amides is 2. The van der Waals surface area contributed by atoms with E-state index in [0.717, 1.165) is 3.57 Å². The Hall–Kier alpha value is -2.37. The van der Waals surface area contributed by atoms with Crippen molar-refractivity contribution < 1.29 is 33.4 Å². The van der Waals surface area contributed by atoms with Crippen molar-refractivity contribution in [2.75, 3.05) is 5.32 Å². The highest BCUT2D eigenvalue weighted by Crippen LogP contribution is 2.23. The van der Waals surface area contributed by atoms with Crippen molar-refractivity contribution in [2.24, 2.45) is 0 Å². The van der Waals surface area contributed by atoms with E-state index in [9.17, 15) is 19.2 Å². The second kappa shape index (κ2) is 11.4. The fourth-order valence-corrected chi connectivity index (χ4v) is 3.08. The molecule has 1 rings (SSSR count). The van der Waals surface area contributed by atoms with E-state index in [1.165, 1.54) is 6.07 Å². The Morgan fingerprint density at radius 1 is 0.824 bits per heavy atom. The number of carbonyl (C=O) groups excluding carboxylic acids is 4. The smallest absolute Gasteiger partial charge is 0.412 e. The minimum atomic E-state index is -1.30. The molecule has 0 unspecified atom stereocenters. The predicted molar refractivity (Wildman–Crippen MR) is 137 cm³/mol. The van der Waals surface area contributed by atoms with Crippen LogP contribution in [-0.2, 0) is 19.0 Å². The molecule has 0 aromatic heterocycles. The van der Waals surface area contributed by atoms with Gasteiger partial charge in [-0.2, -0.15) is 0 Å². The maximum atomic E-state index is 13.2. The lowest BCUT2D eigenvalue weighted by Crippen LogP contribution is -2.47. The molecule has 0 aliphatic carbocycles. The number of ketones is 1. The number of esters is 1. The number of benzene rings is 1. The first-order valence-corrected chi connectivity index (χ1v) is 11.9. The zero-order chi connectivity index (χ0) is 26.5. The van der Waals surface area contributed by atoms with Crippen LogP contribution in [0.3, 0.4) is 0 Å². The van der Waals surface area contributed by atoms with Crippen LogP contribution in [0, 0.1) is 3.57 Å². The molecule has 2 N–H and O–H groups in total. The largest absolute Gasteiger partial charge is 0.458 e. The van der Waals surface area contributed by atoms with Crippen molar-refractivity contribution in [2.45, 2.75) is 91.6 Å². The molecule has 0 saturated carbocycles. The maximum Gasteiger partial charge on any atom is 0.412 e. The average Bonchev–Trinajstić information content (AvgIpc) is 2.56. The number of nitrogens with one attached hydrogen (secondary N) is 2. The van der Waals surface area contributed by atoms with Gasteiger partial charge < -0.3 is 19.5 Å². The lowest BCUT2D eigenvalue weighted by Gasteiger charge is -2.26. The van der Waals surface area contributed by atoms with Crippen LogP contribution < -0.4 is 10.6 Å². The zero-order valence-corrected chi connectivity index (χ0v) is 23.4. The van der Waals surface area contributed by atoms with Crippen LogP contribution in [0.4, 0.5) is 15.3 Å². The highest BCUT2D eigenvalue weighted by Gasteiger charge is 2.31. The van der Waals surface area contributed by atoms with Gasteiger partial charge in [-0.3, -0.25) is 10.1 Å². The first-order valence-electron chi connectivity index (χ1n) is 10.8. The molecule has 0 saturated heterocycles. The van der Waals surface area contributed by atoms with Gasteiger partial charge in [-0.15, -0.1) is 0 Å². The molecular formula is C24H35IN2O7. The Morgan fingerprint density at radius 2 is 1.32 bits per heavy atom. The van der Waals surface area contributed by atoms with E-state index in [-0.39, 0.29) is 11.3 Å². The minimum Gasteiger partial charge on any atom is -0.458 e. The molecular weight excluding hydrogens is 555 g/mol. The molecule has 10 heteroatoms. The molecule has 190 valence electrons. The molecule has 0 aliphatic rings. The summed E-state index contributed by atoms with van der Waals surface area (Å²) in [6.45, 7) is 15.3. The van der Waals surface area contributed by atoms with Gasteiger partial charge >= 0.3 is 18.2 Å². The Morgan fingerprint density at radius 3 is 1.82 bits per heavy atom. The summed E-state index contributed by atoms with van der Waals surface area (Å²) < 4.78 is 16.7. The monoisotopic (exact) mass is 590 g/mol. The molecule has 0 bridgehead atoms. The Bertz CT molecular complexity index is 925. The highest BCUT2D eigenvalue weighted by molar-refractivity contribution is 14.1. The van der Waals surface area contributed by atoms with Gasteiger partial charge in [-0.25, -0.2) is 14.4 Å². The maximum absolute atomic E-state index is 13.2. The van der Waals surface area contributed by atoms with Crippen molar-refractivity contribution in [3.8, 4) is 0 Å². The van der Waals surface area contributed by atoms with Crippen LogP contribution in [0.25, 0.3) is 0 Å². The third-order valence-corrected chi connectivity index (χ3v) is 4.36. The first kappa shape index (κ1) is 29.7. The fraction of sp³-hybridized carbons (Fsp3) is 0.583. The van der Waals surface area contributed by atoms with Crippen molar-refractivity contribution in [3.05, 3.63) is 27.3 Å². The molecule has 0 radical (unpaired) electrons. The number of alkyl carbamates (subject to hydrolysis) is 1. The van der Waals surface area contributed by atoms with Crippen LogP contribution in [0.1, 0.15) is 79.1 Å². The summed E-state index contributed by atoms with van der Waals surface area (Å²) in [7, 11) is 0. The summed E-state index contributed by atoms with van der Waals surface area (Å²) in [5, 5.41) is 5.02. The van der Waals surface area contributed by atoms with Crippen LogP contribution in [0.5, 0.6) is 0 Å². The number of ether oxygens (including phenoxy) is 3. The molecule has 9 nitrogen and oxygen atoms in total. The van der Waals surface area contributed by atoms with Crippen LogP contribution in [-0.4, -0.2) is 46.8 Å². The molecule has 1 atom stereocenters. The third kappa shape index (κ3) is 11.7. The quantitative estimate of drug-likeness (QED) is 0.196. The number of rotatable bonds is 6. The third-order valence-electron chi connectivity index (χ3n) is 3.69. The Balaban J connectivity index is 3.18. The number of Topliss-reactive ketones (excluding diaryl/α,β-unsaturated/α-hetero) is 1. The van der Waals surface area contributed by atoms with Gasteiger partial charge in [0.1, 0.15) is 22.8 Å². The topological polar surface area (TPSA) is 120 Å². The van der Waals surface area contributed by atoms with Gasteiger partial charge in [0, 0.05) is 15.6 Å². The minimum absolute atomic E-state index is 0.158. The second-order valence-electron chi connectivity index (χ2n) is 10.7. The highest BCUT2D eigenvalue weighted by atomic mass is 127. The average molecular weight is 590 g/mol. The molecule has 0 fully saturated rings. The lowest BCUT2D eigenvalue weighted by molar-refractivity contribution is -0.157. The van der Waals surface area contributed by atoms with Crippen LogP contribution in [0.2, 0.25) is 0 Å². The molecule has 0 spiro atoms. The van der Waals surface area contributed by atoms with Gasteiger partial charge in [-0.1, -0.05) is 0 Å². The summed E-state index contributed by atoms with van der Waals surface area (Å²) in [5.41, 5.74) is -1.97. The SMILES string of the molecule is CC(C)(C)OC(=O)Nc1cc(I)ccc1C(=O)C[C@H](NC(=O)OC(C)(C)C)C(=O)OC(C)(C)C. The van der Waals surface area contributed by atoms with Crippen LogP contribution >= 0.6 is 22.6 Å². The summed E-state index contributed by atoms with van der Waals surface area (Å²) >= 11 is 2.05. The van der Waals surface area contributed by atoms with Crippen molar-refractivity contribution in [1.82, 2.24) is 5.32 Å². The van der Waals surface area contributed by atoms with Crippen molar-refractivity contribution in [3.63, 3.8) is 0 Å². The van der Waals surface area contributed by atoms with Gasteiger partial charge in [-0.05, 0) is 103 Å². The summed E-state index contributed by atoms with van der Waals surface area (Å²) in [5.74, 6) is -1.27. The summed E-state index contributed by atoms with van der Waals surface area (Å²) in [4.78, 5) is 50.6. The molecule has 34 heavy (non-hydrogen) atoms. The van der Waals surface area contributed by atoms with Gasteiger partial charge in [0.2, 0.25) is 0 Å². The van der Waals surface area contributed by atoms with E-state index in [4.69, 9.17) is 14.2 Å². The first-order chi connectivity index (χ1) is 15.3. The zero-order valence-electron chi connectivity index (χ0n) is 21.3. The van der Waals surface area contributed by atoms with E-state index in [1.54, 1.807) is 74.4 Å². The van der Waals surface area contributed by atoms with Crippen molar-refractivity contribution in [1.29, 1.82) is 0 Å². The number of carbonyl (C=O) groups is 4. The number of hydrogen-bond donors (Lipinski definition) is 2. The van der Waals surface area contributed by atoms with Gasteiger partial charge in [0.25, 0.3) is 0 Å². The normalized spacial score (nSPS) is 12.9. The second-order valence-corrected chi connectivity index (χ2v) is 11.9. The van der Waals surface area contributed by atoms with Gasteiger partial charge in [0.05, 0.1) is 5.69 Å². The fourth-order valence-electron chi connectivity index (χ4n) is 2.59. The Kier molecular flexibility index (Phi) is 9.92. The lowest BCUT2D eigenvalue weighted by atomic mass is 10.0. The standard InChI is InChI=1S/C24H35IN2O7/c1-22(2,3)32-19(29)17(27-21(31)34-24(7,8)9)13-18(28)15-11-10-14(25)12-16(15)26-20(30)33-23(4,5)6/h10-12,17H,13H2,1-9H3,(H,26,30)(H,27,31)/t17-/m0/s1. The summed E-state index contributed by atoms with van der Waals surface area (Å²) in [6.07, 6.45) is -1.98. The Labute approximate surface area is 214 Å². The molecule has 2 amide bonds. The van der Waals surface area contributed by atoms with Gasteiger partial charge in [0.15, 0.2) is 5.78 Å². The number of hydrogen-bond acceptors (Lipinski definition) is 7. The van der Waals surface area contributed by atoms with E-state index in [0.29, 0.717) is 0 Å². The number of halogens is 1. The molecule has 1 aromatic carbocycles. The number of anilines is 1. The predicted octanol–water partition coefficient (Wildman–Crippen LogP) is 5.45. The molecule has 1 aromatic rings. The van der Waals surface area contributed by atoms with Crippen molar-refractivity contribution >= 4 is 52.2 Å². The summed E-state index contributed by atoms with van der Waals surface area (Å²) in [6, 6.07) is 3.55. The van der Waals surface area contributed by atoms with E-state index in [1.807, 2.05) is 22.6 Å². The van der Waals surface area contributed by atoms with E-state index >= 15 is 0 Å². The van der Waals surface area contributed by atoms with Crippen LogP contribution in [0.15, 0.2) is 18.2 Å². The van der Waals surface area contributed by atoms with E-state index in [2.05, 4.69) is 10.6 Å². The van der Waals surface area contributed by atoms with E-state index < -0.39 is 53.2 Å².